The number of hydrogen-bond acceptors (Lipinski definition) is 5. The SMILES string of the molecule is Cc1ccsc1/C=N\NC(=O)c1nn(-c2ccccc2)c(=O)c2ccccc12. The van der Waals surface area contributed by atoms with Crippen LogP contribution in [0.15, 0.2) is 75.9 Å². The molecule has 2 aromatic carbocycles. The van der Waals surface area contributed by atoms with Gasteiger partial charge in [0.2, 0.25) is 0 Å². The Morgan fingerprint density at radius 3 is 2.50 bits per heavy atom. The molecule has 2 aromatic heterocycles. The van der Waals surface area contributed by atoms with E-state index >= 15 is 0 Å². The van der Waals surface area contributed by atoms with Gasteiger partial charge < -0.3 is 0 Å². The summed E-state index contributed by atoms with van der Waals surface area (Å²) < 4.78 is 1.24. The first-order valence-corrected chi connectivity index (χ1v) is 9.48. The van der Waals surface area contributed by atoms with E-state index in [4.69, 9.17) is 0 Å². The largest absolute Gasteiger partial charge is 0.292 e. The number of thiophene rings is 1. The first-order valence-electron chi connectivity index (χ1n) is 8.60. The van der Waals surface area contributed by atoms with Gasteiger partial charge in [-0.1, -0.05) is 36.4 Å². The number of nitrogens with one attached hydrogen (secondary N) is 1. The van der Waals surface area contributed by atoms with Gasteiger partial charge in [-0.05, 0) is 42.1 Å². The predicted octanol–water partition coefficient (Wildman–Crippen LogP) is 3.52. The Labute approximate surface area is 164 Å². The summed E-state index contributed by atoms with van der Waals surface area (Å²) in [4.78, 5) is 26.6. The molecule has 28 heavy (non-hydrogen) atoms. The molecule has 0 saturated heterocycles. The topological polar surface area (TPSA) is 76.3 Å². The van der Waals surface area contributed by atoms with Gasteiger partial charge >= 0.3 is 0 Å². The molecule has 0 aliphatic heterocycles. The number of rotatable bonds is 4. The molecule has 6 nitrogen and oxygen atoms in total. The molecule has 0 unspecified atom stereocenters. The standard InChI is InChI=1S/C21H16N4O2S/c1-14-11-12-28-18(14)13-22-23-20(26)19-16-9-5-6-10-17(16)21(27)25(24-19)15-7-3-2-4-8-15/h2-13H,1H3,(H,23,26)/b22-13-. The minimum absolute atomic E-state index is 0.138. The quantitative estimate of drug-likeness (QED) is 0.429. The Kier molecular flexibility index (Phi) is 4.82. The van der Waals surface area contributed by atoms with Crippen molar-refractivity contribution in [3.8, 4) is 5.69 Å². The third-order valence-corrected chi connectivity index (χ3v) is 5.22. The zero-order chi connectivity index (χ0) is 19.5. The van der Waals surface area contributed by atoms with E-state index < -0.39 is 5.91 Å². The van der Waals surface area contributed by atoms with Crippen LogP contribution in [-0.2, 0) is 0 Å². The van der Waals surface area contributed by atoms with Gasteiger partial charge in [-0.25, -0.2) is 5.43 Å². The second kappa shape index (κ2) is 7.58. The van der Waals surface area contributed by atoms with E-state index in [1.54, 1.807) is 42.6 Å². The summed E-state index contributed by atoms with van der Waals surface area (Å²) >= 11 is 1.54. The average molecular weight is 388 g/mol. The zero-order valence-electron chi connectivity index (χ0n) is 15.0. The van der Waals surface area contributed by atoms with Gasteiger partial charge in [0.15, 0.2) is 5.69 Å². The van der Waals surface area contributed by atoms with Crippen LogP contribution >= 0.6 is 11.3 Å². The molecule has 138 valence electrons. The van der Waals surface area contributed by atoms with Crippen molar-refractivity contribution in [1.29, 1.82) is 0 Å². The Balaban J connectivity index is 1.76. The van der Waals surface area contributed by atoms with Gasteiger partial charge in [0.1, 0.15) is 0 Å². The Bertz CT molecular complexity index is 1240. The van der Waals surface area contributed by atoms with Crippen molar-refractivity contribution in [3.63, 3.8) is 0 Å². The van der Waals surface area contributed by atoms with Gasteiger partial charge in [0.05, 0.1) is 17.3 Å². The van der Waals surface area contributed by atoms with Crippen molar-refractivity contribution in [2.45, 2.75) is 6.92 Å². The lowest BCUT2D eigenvalue weighted by Gasteiger charge is -2.10. The van der Waals surface area contributed by atoms with Crippen LogP contribution in [0.4, 0.5) is 0 Å². The number of aromatic nitrogens is 2. The van der Waals surface area contributed by atoms with Crippen LogP contribution in [0, 0.1) is 6.92 Å². The van der Waals surface area contributed by atoms with E-state index in [2.05, 4.69) is 15.6 Å². The summed E-state index contributed by atoms with van der Waals surface area (Å²) in [7, 11) is 0. The fraction of sp³-hybridized carbons (Fsp3) is 0.0476. The molecule has 0 saturated carbocycles. The normalized spacial score (nSPS) is 11.2. The number of carbonyl (C=O) groups is 1. The molecule has 4 aromatic rings. The van der Waals surface area contributed by atoms with Gasteiger partial charge in [-0.3, -0.25) is 9.59 Å². The third kappa shape index (κ3) is 3.35. The average Bonchev–Trinajstić information content (AvgIpc) is 3.14. The molecule has 0 fully saturated rings. The van der Waals surface area contributed by atoms with Crippen molar-refractivity contribution in [2.24, 2.45) is 5.10 Å². The number of aryl methyl sites for hydroxylation is 1. The molecule has 0 atom stereocenters. The van der Waals surface area contributed by atoms with E-state index in [0.29, 0.717) is 16.5 Å². The molecular formula is C21H16N4O2S. The zero-order valence-corrected chi connectivity index (χ0v) is 15.8. The number of benzene rings is 2. The summed E-state index contributed by atoms with van der Waals surface area (Å²) in [6.45, 7) is 1.98. The molecular weight excluding hydrogens is 372 g/mol. The van der Waals surface area contributed by atoms with Gasteiger partial charge in [0, 0.05) is 10.3 Å². The molecule has 7 heteroatoms. The number of nitrogens with zero attached hydrogens (tertiary/aromatic N) is 3. The van der Waals surface area contributed by atoms with Crippen LogP contribution < -0.4 is 11.0 Å². The van der Waals surface area contributed by atoms with E-state index in [0.717, 1.165) is 10.4 Å². The molecule has 0 aliphatic rings. The molecule has 0 aliphatic carbocycles. The second-order valence-electron chi connectivity index (χ2n) is 6.11. The molecule has 1 amide bonds. The predicted molar refractivity (Wildman–Crippen MR) is 111 cm³/mol. The summed E-state index contributed by atoms with van der Waals surface area (Å²) in [5.74, 6) is -0.480. The first-order chi connectivity index (χ1) is 13.6. The van der Waals surface area contributed by atoms with E-state index in [9.17, 15) is 9.59 Å². The highest BCUT2D eigenvalue weighted by Crippen LogP contribution is 2.15. The van der Waals surface area contributed by atoms with Crippen LogP contribution in [-0.4, -0.2) is 21.9 Å². The summed E-state index contributed by atoms with van der Waals surface area (Å²) in [6, 6.07) is 17.9. The van der Waals surface area contributed by atoms with E-state index in [1.807, 2.05) is 36.6 Å². The van der Waals surface area contributed by atoms with Crippen molar-refractivity contribution in [3.05, 3.63) is 92.5 Å². The van der Waals surface area contributed by atoms with Crippen LogP contribution in [0.1, 0.15) is 20.9 Å². The number of carbonyl (C=O) groups excluding carboxylic acids is 1. The van der Waals surface area contributed by atoms with Crippen molar-refractivity contribution in [1.82, 2.24) is 15.2 Å². The molecule has 0 spiro atoms. The second-order valence-corrected chi connectivity index (χ2v) is 7.06. The van der Waals surface area contributed by atoms with Gasteiger partial charge in [-0.2, -0.15) is 14.9 Å². The lowest BCUT2D eigenvalue weighted by Crippen LogP contribution is -2.28. The van der Waals surface area contributed by atoms with Crippen molar-refractivity contribution < 1.29 is 4.79 Å². The lowest BCUT2D eigenvalue weighted by molar-refractivity contribution is 0.0950. The molecule has 2 heterocycles. The number of amides is 1. The van der Waals surface area contributed by atoms with Crippen molar-refractivity contribution >= 4 is 34.2 Å². The number of hydrazone groups is 1. The first kappa shape index (κ1) is 17.8. The molecule has 0 radical (unpaired) electrons. The number of hydrogen-bond donors (Lipinski definition) is 1. The number of fused-ring (bicyclic) bond motifs is 1. The summed E-state index contributed by atoms with van der Waals surface area (Å²) in [6.07, 6.45) is 1.60. The smallest absolute Gasteiger partial charge is 0.267 e. The Hall–Kier alpha value is -3.58. The maximum atomic E-state index is 12.9. The van der Waals surface area contributed by atoms with Gasteiger partial charge in [0.25, 0.3) is 11.5 Å². The van der Waals surface area contributed by atoms with Gasteiger partial charge in [-0.15, -0.1) is 11.3 Å². The van der Waals surface area contributed by atoms with E-state index in [-0.39, 0.29) is 11.3 Å². The fourth-order valence-corrected chi connectivity index (χ4v) is 3.61. The maximum Gasteiger partial charge on any atom is 0.292 e. The van der Waals surface area contributed by atoms with Crippen LogP contribution in [0.5, 0.6) is 0 Å². The van der Waals surface area contributed by atoms with E-state index in [1.165, 1.54) is 16.0 Å². The van der Waals surface area contributed by atoms with Crippen LogP contribution in [0.3, 0.4) is 0 Å². The third-order valence-electron chi connectivity index (χ3n) is 4.27. The minimum Gasteiger partial charge on any atom is -0.267 e. The summed E-state index contributed by atoms with van der Waals surface area (Å²) in [5, 5.41) is 11.2. The molecule has 0 bridgehead atoms. The van der Waals surface area contributed by atoms with Crippen LogP contribution in [0.25, 0.3) is 16.5 Å². The molecule has 4 rings (SSSR count). The van der Waals surface area contributed by atoms with Crippen LogP contribution in [0.2, 0.25) is 0 Å². The van der Waals surface area contributed by atoms with Crippen molar-refractivity contribution in [2.75, 3.05) is 0 Å². The Morgan fingerprint density at radius 1 is 1.07 bits per heavy atom. The Morgan fingerprint density at radius 2 is 1.79 bits per heavy atom. The lowest BCUT2D eigenvalue weighted by atomic mass is 10.1. The highest BCUT2D eigenvalue weighted by Gasteiger charge is 2.17. The highest BCUT2D eigenvalue weighted by atomic mass is 32.1. The highest BCUT2D eigenvalue weighted by molar-refractivity contribution is 7.11. The molecule has 1 N–H and O–H groups in total. The monoisotopic (exact) mass is 388 g/mol. The minimum atomic E-state index is -0.480. The number of para-hydroxylation sites is 1. The maximum absolute atomic E-state index is 12.9. The summed E-state index contributed by atoms with van der Waals surface area (Å²) in [5.41, 5.74) is 4.05. The fourth-order valence-electron chi connectivity index (χ4n) is 2.82.